The van der Waals surface area contributed by atoms with Crippen molar-refractivity contribution in [3.8, 4) is 5.75 Å². The predicted octanol–water partition coefficient (Wildman–Crippen LogP) is 1.98. The number of amides is 1. The van der Waals surface area contributed by atoms with Gasteiger partial charge in [0, 0.05) is 24.5 Å². The summed E-state index contributed by atoms with van der Waals surface area (Å²) >= 11 is 0. The van der Waals surface area contributed by atoms with E-state index >= 15 is 0 Å². The molecule has 0 aliphatic carbocycles. The zero-order chi connectivity index (χ0) is 18.4. The Morgan fingerprint density at radius 3 is 2.58 bits per heavy atom. The summed E-state index contributed by atoms with van der Waals surface area (Å²) in [4.78, 5) is 15.8. The second kappa shape index (κ2) is 8.14. The smallest absolute Gasteiger partial charge is 0.244 e. The normalized spacial score (nSPS) is 18.7. The quantitative estimate of drug-likeness (QED) is 0.784. The van der Waals surface area contributed by atoms with Crippen LogP contribution in [0, 0.1) is 0 Å². The molecule has 1 aromatic carbocycles. The van der Waals surface area contributed by atoms with Gasteiger partial charge < -0.3 is 10.1 Å². The second-order valence-electron chi connectivity index (χ2n) is 6.16. The fourth-order valence-electron chi connectivity index (χ4n) is 2.65. The van der Waals surface area contributed by atoms with E-state index in [9.17, 15) is 13.2 Å². The Morgan fingerprint density at radius 1 is 1.19 bits per heavy atom. The molecule has 2 aromatic rings. The molecule has 1 saturated heterocycles. The van der Waals surface area contributed by atoms with Crippen LogP contribution in [0.1, 0.15) is 17.5 Å². The molecule has 3 rings (SSSR count). The van der Waals surface area contributed by atoms with Crippen LogP contribution < -0.4 is 10.1 Å². The number of carbonyl (C=O) groups is 1. The Bertz CT molecular complexity index is 878. The van der Waals surface area contributed by atoms with Crippen LogP contribution in [-0.2, 0) is 21.2 Å². The average molecular weight is 372 g/mol. The maximum Gasteiger partial charge on any atom is 0.244 e. The van der Waals surface area contributed by atoms with Crippen molar-refractivity contribution in [1.29, 1.82) is 0 Å². The van der Waals surface area contributed by atoms with Gasteiger partial charge in [-0.1, -0.05) is 12.1 Å². The molecule has 1 aliphatic heterocycles. The Hall–Kier alpha value is -2.67. The fraction of sp³-hybridized carbons (Fsp3) is 0.263. The lowest BCUT2D eigenvalue weighted by Gasteiger charge is -2.08. The predicted molar refractivity (Wildman–Crippen MR) is 99.2 cm³/mol. The Balaban J connectivity index is 1.49. The molecule has 7 heteroatoms. The van der Waals surface area contributed by atoms with E-state index in [4.69, 9.17) is 4.74 Å². The van der Waals surface area contributed by atoms with Crippen molar-refractivity contribution in [3.63, 3.8) is 0 Å². The lowest BCUT2D eigenvalue weighted by atomic mass is 10.2. The molecule has 6 nitrogen and oxygen atoms in total. The van der Waals surface area contributed by atoms with E-state index in [0.717, 1.165) is 16.9 Å². The van der Waals surface area contributed by atoms with E-state index in [-0.39, 0.29) is 23.5 Å². The first-order valence-electron chi connectivity index (χ1n) is 8.31. The summed E-state index contributed by atoms with van der Waals surface area (Å²) in [7, 11) is -2.99. The molecule has 0 spiro atoms. The summed E-state index contributed by atoms with van der Waals surface area (Å²) < 4.78 is 28.5. The van der Waals surface area contributed by atoms with Gasteiger partial charge in [-0.3, -0.25) is 9.78 Å². The highest BCUT2D eigenvalue weighted by Crippen LogP contribution is 2.15. The number of ether oxygens (including phenoxy) is 1. The third-order valence-electron chi connectivity index (χ3n) is 4.04. The fourth-order valence-corrected chi connectivity index (χ4v) is 4.32. The molecule has 26 heavy (non-hydrogen) atoms. The number of hydrogen-bond donors (Lipinski definition) is 1. The lowest BCUT2D eigenvalue weighted by Crippen LogP contribution is -2.34. The van der Waals surface area contributed by atoms with E-state index in [0.29, 0.717) is 13.0 Å². The van der Waals surface area contributed by atoms with E-state index in [1.165, 1.54) is 6.08 Å². The molecule has 0 saturated carbocycles. The summed E-state index contributed by atoms with van der Waals surface area (Å²) in [5.41, 5.74) is 1.89. The van der Waals surface area contributed by atoms with Crippen molar-refractivity contribution in [2.75, 3.05) is 11.5 Å². The minimum atomic E-state index is -2.99. The number of nitrogens with one attached hydrogen (secondary N) is 1. The van der Waals surface area contributed by atoms with E-state index in [2.05, 4.69) is 10.3 Å². The minimum Gasteiger partial charge on any atom is -0.489 e. The van der Waals surface area contributed by atoms with Gasteiger partial charge in [0.15, 0.2) is 9.84 Å². The first-order chi connectivity index (χ1) is 12.5. The number of sulfone groups is 1. The zero-order valence-electron chi connectivity index (χ0n) is 14.2. The molecule has 2 heterocycles. The first kappa shape index (κ1) is 18.1. The Labute approximate surface area is 152 Å². The van der Waals surface area contributed by atoms with Gasteiger partial charge >= 0.3 is 0 Å². The molecule has 0 bridgehead atoms. The molecular formula is C19H20N2O4S. The number of aromatic nitrogens is 1. The van der Waals surface area contributed by atoms with Crippen LogP contribution in [0.3, 0.4) is 0 Å². The molecular weight excluding hydrogens is 352 g/mol. The Kier molecular flexibility index (Phi) is 5.68. The van der Waals surface area contributed by atoms with Crippen molar-refractivity contribution in [3.05, 3.63) is 66.0 Å². The third kappa shape index (κ3) is 5.42. The van der Waals surface area contributed by atoms with Gasteiger partial charge in [-0.25, -0.2) is 8.42 Å². The highest BCUT2D eigenvalue weighted by atomic mass is 32.2. The standard InChI is InChI=1S/C19H20N2O4S/c22-19(21-17-9-12-26(23,24)14-17)6-3-15-1-4-18(5-2-15)25-13-16-7-10-20-11-8-16/h1-8,10-11,17H,9,12-14H2,(H,21,22). The summed E-state index contributed by atoms with van der Waals surface area (Å²) in [6, 6.07) is 10.9. The number of pyridine rings is 1. The first-order valence-corrected chi connectivity index (χ1v) is 10.1. The molecule has 1 fully saturated rings. The number of nitrogens with zero attached hydrogens (tertiary/aromatic N) is 1. The van der Waals surface area contributed by atoms with Crippen molar-refractivity contribution in [2.24, 2.45) is 0 Å². The van der Waals surface area contributed by atoms with E-state index in [1.807, 2.05) is 36.4 Å². The maximum absolute atomic E-state index is 11.9. The highest BCUT2D eigenvalue weighted by molar-refractivity contribution is 7.91. The maximum atomic E-state index is 11.9. The van der Waals surface area contributed by atoms with Gasteiger partial charge in [0.05, 0.1) is 11.5 Å². The summed E-state index contributed by atoms with van der Waals surface area (Å²) in [5, 5.41) is 2.72. The Morgan fingerprint density at radius 2 is 1.92 bits per heavy atom. The molecule has 136 valence electrons. The van der Waals surface area contributed by atoms with E-state index < -0.39 is 9.84 Å². The van der Waals surface area contributed by atoms with Crippen LogP contribution in [-0.4, -0.2) is 36.9 Å². The van der Waals surface area contributed by atoms with Crippen LogP contribution in [0.25, 0.3) is 6.08 Å². The summed E-state index contributed by atoms with van der Waals surface area (Å²) in [5.74, 6) is 0.614. The van der Waals surface area contributed by atoms with Crippen LogP contribution in [0.5, 0.6) is 5.75 Å². The van der Waals surface area contributed by atoms with Gasteiger partial charge in [-0.15, -0.1) is 0 Å². The van der Waals surface area contributed by atoms with Crippen LogP contribution in [0.15, 0.2) is 54.9 Å². The van der Waals surface area contributed by atoms with Gasteiger partial charge in [0.2, 0.25) is 5.91 Å². The molecule has 1 aliphatic rings. The second-order valence-corrected chi connectivity index (χ2v) is 8.38. The third-order valence-corrected chi connectivity index (χ3v) is 5.81. The molecule has 1 unspecified atom stereocenters. The molecule has 1 aromatic heterocycles. The van der Waals surface area contributed by atoms with Crippen LogP contribution >= 0.6 is 0 Å². The van der Waals surface area contributed by atoms with Crippen molar-refractivity contribution >= 4 is 21.8 Å². The molecule has 1 atom stereocenters. The summed E-state index contributed by atoms with van der Waals surface area (Å²) in [6.45, 7) is 0.463. The van der Waals surface area contributed by atoms with Gasteiger partial charge in [-0.2, -0.15) is 0 Å². The number of carbonyl (C=O) groups excluding carboxylic acids is 1. The molecule has 0 radical (unpaired) electrons. The van der Waals surface area contributed by atoms with Crippen molar-refractivity contribution in [2.45, 2.75) is 19.1 Å². The monoisotopic (exact) mass is 372 g/mol. The minimum absolute atomic E-state index is 0.0239. The van der Waals surface area contributed by atoms with Crippen LogP contribution in [0.4, 0.5) is 0 Å². The largest absolute Gasteiger partial charge is 0.489 e. The number of rotatable bonds is 6. The lowest BCUT2D eigenvalue weighted by molar-refractivity contribution is -0.116. The van der Waals surface area contributed by atoms with Gasteiger partial charge in [0.1, 0.15) is 12.4 Å². The SMILES string of the molecule is O=C(C=Cc1ccc(OCc2ccncc2)cc1)NC1CCS(=O)(=O)C1. The molecule has 1 N–H and O–H groups in total. The van der Waals surface area contributed by atoms with E-state index in [1.54, 1.807) is 18.5 Å². The number of benzene rings is 1. The number of hydrogen-bond acceptors (Lipinski definition) is 5. The average Bonchev–Trinajstić information content (AvgIpc) is 2.98. The van der Waals surface area contributed by atoms with Crippen molar-refractivity contribution in [1.82, 2.24) is 10.3 Å². The summed E-state index contributed by atoms with van der Waals surface area (Å²) in [6.07, 6.45) is 7.02. The van der Waals surface area contributed by atoms with Gasteiger partial charge in [0.25, 0.3) is 0 Å². The zero-order valence-corrected chi connectivity index (χ0v) is 15.0. The van der Waals surface area contributed by atoms with Crippen molar-refractivity contribution < 1.29 is 17.9 Å². The topological polar surface area (TPSA) is 85.4 Å². The van der Waals surface area contributed by atoms with Crippen LogP contribution in [0.2, 0.25) is 0 Å². The van der Waals surface area contributed by atoms with Gasteiger partial charge in [-0.05, 0) is 47.9 Å². The molecule has 1 amide bonds. The highest BCUT2D eigenvalue weighted by Gasteiger charge is 2.28.